The summed E-state index contributed by atoms with van der Waals surface area (Å²) in [4.78, 5) is 21.8. The lowest BCUT2D eigenvalue weighted by Gasteiger charge is -2.25. The Morgan fingerprint density at radius 3 is 2.73 bits per heavy atom. The number of hydrogen-bond acceptors (Lipinski definition) is 2. The number of nitrogens with two attached hydrogens (primary N) is 1. The molecule has 1 saturated heterocycles. The number of amides is 2. The van der Waals surface area contributed by atoms with E-state index < -0.39 is 11.8 Å². The molecule has 1 fully saturated rings. The molecule has 0 aromatic heterocycles. The molecule has 4 heteroatoms. The zero-order valence-corrected chi connectivity index (χ0v) is 6.46. The number of carbonyl (C=O) groups is 2. The van der Waals surface area contributed by atoms with Gasteiger partial charge in [0.1, 0.15) is 5.92 Å². The summed E-state index contributed by atoms with van der Waals surface area (Å²) < 4.78 is 0. The highest BCUT2D eigenvalue weighted by Crippen LogP contribution is 2.18. The smallest absolute Gasteiger partial charge is 0.232 e. The van der Waals surface area contributed by atoms with Gasteiger partial charge in [0.2, 0.25) is 11.8 Å². The van der Waals surface area contributed by atoms with Crippen molar-refractivity contribution in [2.24, 2.45) is 17.6 Å². The van der Waals surface area contributed by atoms with Crippen molar-refractivity contribution in [3.05, 3.63) is 0 Å². The topological polar surface area (TPSA) is 72.2 Å². The molecule has 62 valence electrons. The van der Waals surface area contributed by atoms with Crippen LogP contribution in [0.25, 0.3) is 0 Å². The zero-order chi connectivity index (χ0) is 8.43. The van der Waals surface area contributed by atoms with Crippen LogP contribution in [-0.2, 0) is 9.59 Å². The third-order valence-corrected chi connectivity index (χ3v) is 2.06. The molecule has 1 heterocycles. The number of primary amides is 1. The van der Waals surface area contributed by atoms with Gasteiger partial charge in [0.05, 0.1) is 0 Å². The summed E-state index contributed by atoms with van der Waals surface area (Å²) in [6.07, 6.45) is 0.833. The molecule has 0 aliphatic carbocycles. The van der Waals surface area contributed by atoms with Crippen LogP contribution in [0.3, 0.4) is 0 Å². The Balaban J connectivity index is 2.70. The monoisotopic (exact) mass is 156 g/mol. The molecule has 0 bridgehead atoms. The molecule has 0 radical (unpaired) electrons. The van der Waals surface area contributed by atoms with Gasteiger partial charge in [-0.2, -0.15) is 0 Å². The molecule has 0 spiro atoms. The predicted octanol–water partition coefficient (Wildman–Crippen LogP) is -0.756. The first kappa shape index (κ1) is 8.04. The average molecular weight is 156 g/mol. The van der Waals surface area contributed by atoms with E-state index in [1.54, 1.807) is 0 Å². The van der Waals surface area contributed by atoms with E-state index in [2.05, 4.69) is 5.32 Å². The van der Waals surface area contributed by atoms with E-state index in [4.69, 9.17) is 5.73 Å². The van der Waals surface area contributed by atoms with Gasteiger partial charge < -0.3 is 11.1 Å². The molecule has 1 aliphatic rings. The summed E-state index contributed by atoms with van der Waals surface area (Å²) in [5.74, 6) is -1.28. The molecule has 0 aromatic carbocycles. The third kappa shape index (κ3) is 1.50. The fourth-order valence-corrected chi connectivity index (χ4v) is 1.37. The predicted molar refractivity (Wildman–Crippen MR) is 39.5 cm³/mol. The van der Waals surface area contributed by atoms with E-state index in [0.717, 1.165) is 6.42 Å². The molecule has 0 aromatic rings. The van der Waals surface area contributed by atoms with Gasteiger partial charge in [0.15, 0.2) is 0 Å². The van der Waals surface area contributed by atoms with Gasteiger partial charge in [0.25, 0.3) is 0 Å². The Labute approximate surface area is 65.1 Å². The highest BCUT2D eigenvalue weighted by atomic mass is 16.2. The SMILES string of the molecule is CC1CCNC(=O)C1C(N)=O. The lowest BCUT2D eigenvalue weighted by atomic mass is 9.87. The molecule has 2 atom stereocenters. The number of carbonyl (C=O) groups excluding carboxylic acids is 2. The van der Waals surface area contributed by atoms with E-state index in [1.807, 2.05) is 6.92 Å². The Bertz CT molecular complexity index is 191. The largest absolute Gasteiger partial charge is 0.369 e. The Hall–Kier alpha value is -1.06. The summed E-state index contributed by atoms with van der Waals surface area (Å²) in [5.41, 5.74) is 5.05. The van der Waals surface area contributed by atoms with Crippen LogP contribution in [-0.4, -0.2) is 18.4 Å². The van der Waals surface area contributed by atoms with Crippen LogP contribution in [0.4, 0.5) is 0 Å². The fraction of sp³-hybridized carbons (Fsp3) is 0.714. The first-order valence-corrected chi connectivity index (χ1v) is 3.70. The van der Waals surface area contributed by atoms with Crippen LogP contribution in [0, 0.1) is 11.8 Å². The van der Waals surface area contributed by atoms with Crippen molar-refractivity contribution in [1.29, 1.82) is 0 Å². The number of piperidine rings is 1. The molecule has 0 saturated carbocycles. The molecular weight excluding hydrogens is 144 g/mol. The summed E-state index contributed by atoms with van der Waals surface area (Å²) >= 11 is 0. The fourth-order valence-electron chi connectivity index (χ4n) is 1.37. The van der Waals surface area contributed by atoms with Crippen molar-refractivity contribution in [2.75, 3.05) is 6.54 Å². The zero-order valence-electron chi connectivity index (χ0n) is 6.46. The van der Waals surface area contributed by atoms with Crippen molar-refractivity contribution in [1.82, 2.24) is 5.32 Å². The number of nitrogens with one attached hydrogen (secondary N) is 1. The van der Waals surface area contributed by atoms with E-state index in [9.17, 15) is 9.59 Å². The summed E-state index contributed by atoms with van der Waals surface area (Å²) in [5, 5.41) is 2.60. The second-order valence-electron chi connectivity index (χ2n) is 2.94. The second-order valence-corrected chi connectivity index (χ2v) is 2.94. The first-order valence-electron chi connectivity index (χ1n) is 3.70. The first-order chi connectivity index (χ1) is 5.13. The molecule has 1 aliphatic heterocycles. The van der Waals surface area contributed by atoms with E-state index in [0.29, 0.717) is 6.54 Å². The molecule has 2 amide bonds. The van der Waals surface area contributed by atoms with Gasteiger partial charge in [-0.15, -0.1) is 0 Å². The van der Waals surface area contributed by atoms with Crippen molar-refractivity contribution in [2.45, 2.75) is 13.3 Å². The van der Waals surface area contributed by atoms with Crippen molar-refractivity contribution in [3.8, 4) is 0 Å². The number of hydrogen-bond donors (Lipinski definition) is 2. The summed E-state index contributed by atoms with van der Waals surface area (Å²) in [6.45, 7) is 2.53. The normalized spacial score (nSPS) is 31.2. The van der Waals surface area contributed by atoms with Crippen molar-refractivity contribution in [3.63, 3.8) is 0 Å². The van der Waals surface area contributed by atoms with Crippen LogP contribution in [0.2, 0.25) is 0 Å². The van der Waals surface area contributed by atoms with Gasteiger partial charge in [0, 0.05) is 6.54 Å². The Kier molecular flexibility index (Phi) is 2.12. The molecular formula is C7H12N2O2. The van der Waals surface area contributed by atoms with Crippen LogP contribution < -0.4 is 11.1 Å². The van der Waals surface area contributed by atoms with Gasteiger partial charge in [-0.1, -0.05) is 6.92 Å². The summed E-state index contributed by atoms with van der Waals surface area (Å²) in [6, 6.07) is 0. The maximum Gasteiger partial charge on any atom is 0.232 e. The minimum absolute atomic E-state index is 0.0845. The van der Waals surface area contributed by atoms with Gasteiger partial charge >= 0.3 is 0 Å². The lowest BCUT2D eigenvalue weighted by Crippen LogP contribution is -2.47. The maximum absolute atomic E-state index is 11.0. The number of rotatable bonds is 1. The quantitative estimate of drug-likeness (QED) is 0.490. The van der Waals surface area contributed by atoms with Crippen molar-refractivity contribution < 1.29 is 9.59 Å². The van der Waals surface area contributed by atoms with Crippen molar-refractivity contribution >= 4 is 11.8 Å². The van der Waals surface area contributed by atoms with Crippen LogP contribution in [0.1, 0.15) is 13.3 Å². The van der Waals surface area contributed by atoms with E-state index >= 15 is 0 Å². The van der Waals surface area contributed by atoms with Crippen LogP contribution >= 0.6 is 0 Å². The molecule has 4 nitrogen and oxygen atoms in total. The maximum atomic E-state index is 11.0. The average Bonchev–Trinajstić information content (AvgIpc) is 1.85. The molecule has 3 N–H and O–H groups in total. The Morgan fingerprint density at radius 1 is 1.73 bits per heavy atom. The van der Waals surface area contributed by atoms with Gasteiger partial charge in [-0.05, 0) is 12.3 Å². The third-order valence-electron chi connectivity index (χ3n) is 2.06. The second kappa shape index (κ2) is 2.90. The molecule has 1 rings (SSSR count). The van der Waals surface area contributed by atoms with E-state index in [1.165, 1.54) is 0 Å². The summed E-state index contributed by atoms with van der Waals surface area (Å²) in [7, 11) is 0. The van der Waals surface area contributed by atoms with Gasteiger partial charge in [-0.3, -0.25) is 9.59 Å². The lowest BCUT2D eigenvalue weighted by molar-refractivity contribution is -0.137. The standard InChI is InChI=1S/C7H12N2O2/c1-4-2-3-9-7(11)5(4)6(8)10/h4-5H,2-3H2,1H3,(H2,8,10)(H,9,11). The van der Waals surface area contributed by atoms with Crippen LogP contribution in [0.5, 0.6) is 0 Å². The van der Waals surface area contributed by atoms with Gasteiger partial charge in [-0.25, -0.2) is 0 Å². The minimum Gasteiger partial charge on any atom is -0.369 e. The molecule has 2 unspecified atom stereocenters. The van der Waals surface area contributed by atoms with Crippen LogP contribution in [0.15, 0.2) is 0 Å². The minimum atomic E-state index is -0.622. The Morgan fingerprint density at radius 2 is 2.36 bits per heavy atom. The highest BCUT2D eigenvalue weighted by Gasteiger charge is 2.32. The molecule has 11 heavy (non-hydrogen) atoms. The van der Waals surface area contributed by atoms with E-state index in [-0.39, 0.29) is 11.8 Å². The highest BCUT2D eigenvalue weighted by molar-refractivity contribution is 6.00.